The van der Waals surface area contributed by atoms with Crippen molar-refractivity contribution in [1.29, 1.82) is 0 Å². The Morgan fingerprint density at radius 2 is 2.29 bits per heavy atom. The number of rotatable bonds is 1. The Kier molecular flexibility index (Phi) is 2.27. The van der Waals surface area contributed by atoms with Gasteiger partial charge in [-0.05, 0) is 28.7 Å². The fourth-order valence-electron chi connectivity index (χ4n) is 1.18. The van der Waals surface area contributed by atoms with Crippen molar-refractivity contribution in [2.24, 2.45) is 0 Å². The number of H-pyrrole nitrogens is 1. The summed E-state index contributed by atoms with van der Waals surface area (Å²) >= 11 is 3.12. The summed E-state index contributed by atoms with van der Waals surface area (Å²) in [7, 11) is 0. The normalized spacial score (nSPS) is 10.6. The first-order chi connectivity index (χ1) is 6.61. The lowest BCUT2D eigenvalue weighted by molar-refractivity contribution is -0.383. The highest BCUT2D eigenvalue weighted by Crippen LogP contribution is 2.35. The molecule has 72 valence electrons. The number of nitro groups is 1. The van der Waals surface area contributed by atoms with Crippen LogP contribution in [0.3, 0.4) is 0 Å². The fourth-order valence-corrected chi connectivity index (χ4v) is 3.25. The zero-order chi connectivity index (χ0) is 10.3. The standard InChI is InChI=1S/C7H3IN2O3S/c8-6-5(10(12)13)4-3(14-6)1-2-9-7(4)11/h1-2H,(H,9,11). The Balaban J connectivity index is 3.01. The molecule has 0 amide bonds. The first-order valence-electron chi connectivity index (χ1n) is 3.55. The van der Waals surface area contributed by atoms with Gasteiger partial charge in [-0.3, -0.25) is 14.9 Å². The number of halogens is 1. The van der Waals surface area contributed by atoms with Crippen molar-refractivity contribution in [3.05, 3.63) is 35.6 Å². The summed E-state index contributed by atoms with van der Waals surface area (Å²) in [5.41, 5.74) is -0.499. The van der Waals surface area contributed by atoms with Crippen LogP contribution < -0.4 is 5.56 Å². The second-order valence-corrected chi connectivity index (χ2v) is 5.39. The molecule has 14 heavy (non-hydrogen) atoms. The molecule has 0 aliphatic rings. The molecule has 0 saturated heterocycles. The van der Waals surface area contributed by atoms with Gasteiger partial charge in [-0.25, -0.2) is 0 Å². The average Bonchev–Trinajstić information content (AvgIpc) is 2.42. The maximum Gasteiger partial charge on any atom is 0.306 e. The molecule has 0 spiro atoms. The second-order valence-electron chi connectivity index (χ2n) is 2.53. The molecule has 2 aromatic heterocycles. The number of hydrogen-bond donors (Lipinski definition) is 1. The summed E-state index contributed by atoms with van der Waals surface area (Å²) in [6.07, 6.45) is 1.49. The molecular weight excluding hydrogens is 319 g/mol. The van der Waals surface area contributed by atoms with E-state index >= 15 is 0 Å². The van der Waals surface area contributed by atoms with Gasteiger partial charge in [-0.1, -0.05) is 0 Å². The summed E-state index contributed by atoms with van der Waals surface area (Å²) in [6, 6.07) is 1.66. The lowest BCUT2D eigenvalue weighted by atomic mass is 10.3. The van der Waals surface area contributed by atoms with Crippen LogP contribution >= 0.6 is 33.9 Å². The van der Waals surface area contributed by atoms with Crippen LogP contribution in [0.25, 0.3) is 10.1 Å². The fraction of sp³-hybridized carbons (Fsp3) is 0. The highest BCUT2D eigenvalue weighted by atomic mass is 127. The molecule has 0 aliphatic carbocycles. The van der Waals surface area contributed by atoms with Crippen LogP contribution in [0.1, 0.15) is 0 Å². The van der Waals surface area contributed by atoms with E-state index in [4.69, 9.17) is 0 Å². The van der Waals surface area contributed by atoms with Crippen molar-refractivity contribution in [2.75, 3.05) is 0 Å². The Bertz CT molecular complexity index is 574. The molecule has 0 fully saturated rings. The minimum Gasteiger partial charge on any atom is -0.328 e. The smallest absolute Gasteiger partial charge is 0.306 e. The SMILES string of the molecule is O=c1[nH]ccc2sc(I)c([N+](=O)[O-])c12. The van der Waals surface area contributed by atoms with Gasteiger partial charge in [0.2, 0.25) is 0 Å². The Morgan fingerprint density at radius 1 is 1.57 bits per heavy atom. The van der Waals surface area contributed by atoms with Crippen LogP contribution in [0, 0.1) is 13.0 Å². The van der Waals surface area contributed by atoms with E-state index < -0.39 is 10.5 Å². The van der Waals surface area contributed by atoms with Crippen LogP contribution in [-0.2, 0) is 0 Å². The topological polar surface area (TPSA) is 76.0 Å². The summed E-state index contributed by atoms with van der Waals surface area (Å²) < 4.78 is 1.17. The summed E-state index contributed by atoms with van der Waals surface area (Å²) in [4.78, 5) is 24.0. The van der Waals surface area contributed by atoms with Gasteiger partial charge in [0, 0.05) is 10.9 Å². The van der Waals surface area contributed by atoms with Gasteiger partial charge in [0.05, 0.1) is 4.92 Å². The van der Waals surface area contributed by atoms with Crippen LogP contribution in [-0.4, -0.2) is 9.91 Å². The highest BCUT2D eigenvalue weighted by Gasteiger charge is 2.22. The number of nitrogens with one attached hydrogen (secondary N) is 1. The van der Waals surface area contributed by atoms with Crippen molar-refractivity contribution >= 4 is 49.7 Å². The number of pyridine rings is 1. The number of hydrogen-bond acceptors (Lipinski definition) is 4. The van der Waals surface area contributed by atoms with E-state index in [1.807, 2.05) is 22.6 Å². The third kappa shape index (κ3) is 1.32. The van der Waals surface area contributed by atoms with Gasteiger partial charge in [-0.15, -0.1) is 11.3 Å². The second kappa shape index (κ2) is 3.31. The van der Waals surface area contributed by atoms with Crippen LogP contribution in [0.4, 0.5) is 5.69 Å². The van der Waals surface area contributed by atoms with Gasteiger partial charge in [0.25, 0.3) is 5.56 Å². The summed E-state index contributed by atoms with van der Waals surface area (Å²) in [5.74, 6) is 0. The van der Waals surface area contributed by atoms with Crippen molar-refractivity contribution in [1.82, 2.24) is 4.98 Å². The van der Waals surface area contributed by atoms with Gasteiger partial charge >= 0.3 is 5.69 Å². The van der Waals surface area contributed by atoms with Crippen molar-refractivity contribution in [2.45, 2.75) is 0 Å². The van der Waals surface area contributed by atoms with Crippen molar-refractivity contribution < 1.29 is 4.92 Å². The zero-order valence-electron chi connectivity index (χ0n) is 6.61. The van der Waals surface area contributed by atoms with Crippen LogP contribution in [0.15, 0.2) is 17.1 Å². The minimum atomic E-state index is -0.518. The third-order valence-electron chi connectivity index (χ3n) is 1.73. The average molecular weight is 322 g/mol. The first-order valence-corrected chi connectivity index (χ1v) is 5.45. The molecule has 7 heteroatoms. The van der Waals surface area contributed by atoms with E-state index in [1.54, 1.807) is 6.07 Å². The third-order valence-corrected chi connectivity index (χ3v) is 3.83. The summed E-state index contributed by atoms with van der Waals surface area (Å²) in [5, 5.41) is 10.9. The molecule has 0 bridgehead atoms. The van der Waals surface area contributed by atoms with E-state index in [0.717, 1.165) is 0 Å². The van der Waals surface area contributed by atoms with E-state index in [2.05, 4.69) is 4.98 Å². The predicted molar refractivity (Wildman–Crippen MR) is 61.8 cm³/mol. The Labute approximate surface area is 95.0 Å². The molecule has 0 radical (unpaired) electrons. The van der Waals surface area contributed by atoms with Gasteiger partial charge in [0.1, 0.15) is 8.27 Å². The molecule has 1 N–H and O–H groups in total. The van der Waals surface area contributed by atoms with Gasteiger partial charge in [-0.2, -0.15) is 0 Å². The Hall–Kier alpha value is -0.960. The monoisotopic (exact) mass is 322 g/mol. The van der Waals surface area contributed by atoms with Gasteiger partial charge < -0.3 is 4.98 Å². The largest absolute Gasteiger partial charge is 0.328 e. The van der Waals surface area contributed by atoms with E-state index in [-0.39, 0.29) is 11.1 Å². The molecule has 2 aromatic rings. The maximum atomic E-state index is 11.4. The predicted octanol–water partition coefficient (Wildman–Crippen LogP) is 2.10. The Morgan fingerprint density at radius 3 is 2.93 bits per heavy atom. The minimum absolute atomic E-state index is 0.0903. The lowest BCUT2D eigenvalue weighted by Gasteiger charge is -1.88. The number of thiophene rings is 1. The lowest BCUT2D eigenvalue weighted by Crippen LogP contribution is -2.05. The number of nitrogens with zero attached hydrogens (tertiary/aromatic N) is 1. The molecule has 2 rings (SSSR count). The molecule has 0 unspecified atom stereocenters. The zero-order valence-corrected chi connectivity index (χ0v) is 9.59. The van der Waals surface area contributed by atoms with Crippen LogP contribution in [0.5, 0.6) is 0 Å². The molecule has 2 heterocycles. The summed E-state index contributed by atoms with van der Waals surface area (Å²) in [6.45, 7) is 0. The van der Waals surface area contributed by atoms with E-state index in [9.17, 15) is 14.9 Å². The number of fused-ring (bicyclic) bond motifs is 1. The first kappa shape index (κ1) is 9.59. The molecule has 5 nitrogen and oxygen atoms in total. The van der Waals surface area contributed by atoms with Crippen molar-refractivity contribution in [3.8, 4) is 0 Å². The molecule has 0 atom stereocenters. The van der Waals surface area contributed by atoms with Gasteiger partial charge in [0.15, 0.2) is 0 Å². The number of aromatic nitrogens is 1. The molecule has 0 aliphatic heterocycles. The highest BCUT2D eigenvalue weighted by molar-refractivity contribution is 14.1. The van der Waals surface area contributed by atoms with Crippen molar-refractivity contribution in [3.63, 3.8) is 0 Å². The van der Waals surface area contributed by atoms with E-state index in [0.29, 0.717) is 7.58 Å². The molecular formula is C7H3IN2O3S. The number of aromatic amines is 1. The van der Waals surface area contributed by atoms with E-state index in [1.165, 1.54) is 17.5 Å². The maximum absolute atomic E-state index is 11.4. The quantitative estimate of drug-likeness (QED) is 0.496. The molecule has 0 saturated carbocycles. The van der Waals surface area contributed by atoms with Crippen LogP contribution in [0.2, 0.25) is 0 Å². The molecule has 0 aromatic carbocycles.